The van der Waals surface area contributed by atoms with Gasteiger partial charge in [0.25, 0.3) is 0 Å². The number of hydrogen-bond acceptors (Lipinski definition) is 2. The number of nitrogens with zero attached hydrogens (tertiary/aromatic N) is 1. The van der Waals surface area contributed by atoms with Crippen LogP contribution in [0.2, 0.25) is 0 Å². The van der Waals surface area contributed by atoms with Crippen LogP contribution in [0.5, 0.6) is 5.75 Å². The Morgan fingerprint density at radius 1 is 1.18 bits per heavy atom. The van der Waals surface area contributed by atoms with Crippen LogP contribution >= 0.6 is 0 Å². The zero-order valence-corrected chi connectivity index (χ0v) is 9.47. The molecule has 84 valence electrons. The van der Waals surface area contributed by atoms with E-state index in [9.17, 15) is 0 Å². The number of aromatic amines is 1. The molecular formula is C14H12N2O. The monoisotopic (exact) mass is 224 g/mol. The van der Waals surface area contributed by atoms with Gasteiger partial charge in [0.2, 0.25) is 0 Å². The van der Waals surface area contributed by atoms with Gasteiger partial charge in [0.05, 0.1) is 12.7 Å². The molecule has 0 saturated carbocycles. The summed E-state index contributed by atoms with van der Waals surface area (Å²) in [6.45, 7) is 0. The fraction of sp³-hybridized carbons (Fsp3) is 0.0714. The molecule has 1 N–H and O–H groups in total. The Bertz CT molecular complexity index is 576. The molecule has 0 spiro atoms. The number of rotatable bonds is 3. The first-order valence-corrected chi connectivity index (χ1v) is 5.23. The summed E-state index contributed by atoms with van der Waals surface area (Å²) in [5.41, 5.74) is 2.50. The van der Waals surface area contributed by atoms with Gasteiger partial charge in [-0.05, 0) is 6.07 Å². The molecule has 0 radical (unpaired) electrons. The first-order chi connectivity index (χ1) is 8.35. The molecule has 0 aliphatic carbocycles. The number of H-pyrrole nitrogens is 1. The lowest BCUT2D eigenvalue weighted by atomic mass is 10.1. The molecule has 0 amide bonds. The number of ether oxygens (including phenoxy) is 1. The minimum absolute atomic E-state index is 0.635. The van der Waals surface area contributed by atoms with E-state index in [1.165, 1.54) is 0 Å². The minimum Gasteiger partial charge on any atom is -0.496 e. The maximum atomic E-state index is 8.88. The topological polar surface area (TPSA) is 48.8 Å². The van der Waals surface area contributed by atoms with Crippen molar-refractivity contribution in [1.82, 2.24) is 4.98 Å². The standard InChI is InChI=1S/C14H12N2O/c1-17-14-5-3-2-4-11(14)6-7-12-9-16-10-13(12)8-15/h2-7,9-10,16H,1H3. The Labute approximate surface area is 100.0 Å². The average molecular weight is 224 g/mol. The molecule has 17 heavy (non-hydrogen) atoms. The third-order valence-corrected chi connectivity index (χ3v) is 2.48. The maximum absolute atomic E-state index is 8.88. The Morgan fingerprint density at radius 3 is 2.71 bits per heavy atom. The van der Waals surface area contributed by atoms with Crippen molar-refractivity contribution in [2.24, 2.45) is 0 Å². The quantitative estimate of drug-likeness (QED) is 0.871. The van der Waals surface area contributed by atoms with Crippen LogP contribution in [-0.2, 0) is 0 Å². The van der Waals surface area contributed by atoms with Crippen molar-refractivity contribution in [3.05, 3.63) is 53.3 Å². The molecular weight excluding hydrogens is 212 g/mol. The van der Waals surface area contributed by atoms with E-state index in [2.05, 4.69) is 11.1 Å². The van der Waals surface area contributed by atoms with Crippen LogP contribution in [0, 0.1) is 11.3 Å². The summed E-state index contributed by atoms with van der Waals surface area (Å²) in [5.74, 6) is 0.817. The molecule has 3 nitrogen and oxygen atoms in total. The summed E-state index contributed by atoms with van der Waals surface area (Å²) in [5, 5.41) is 8.88. The van der Waals surface area contributed by atoms with Gasteiger partial charge in [0.1, 0.15) is 11.8 Å². The van der Waals surface area contributed by atoms with Crippen molar-refractivity contribution in [2.45, 2.75) is 0 Å². The smallest absolute Gasteiger partial charge is 0.126 e. The average Bonchev–Trinajstić information content (AvgIpc) is 2.84. The summed E-state index contributed by atoms with van der Waals surface area (Å²) in [4.78, 5) is 2.91. The van der Waals surface area contributed by atoms with Crippen molar-refractivity contribution < 1.29 is 4.74 Å². The van der Waals surface area contributed by atoms with Crippen LogP contribution in [0.15, 0.2) is 36.7 Å². The van der Waals surface area contributed by atoms with E-state index in [-0.39, 0.29) is 0 Å². The van der Waals surface area contributed by atoms with Crippen LogP contribution in [0.1, 0.15) is 16.7 Å². The minimum atomic E-state index is 0.635. The van der Waals surface area contributed by atoms with E-state index in [4.69, 9.17) is 10.00 Å². The normalized spacial score (nSPS) is 10.4. The Balaban J connectivity index is 2.30. The van der Waals surface area contributed by atoms with Gasteiger partial charge >= 0.3 is 0 Å². The summed E-state index contributed by atoms with van der Waals surface area (Å²) in [6, 6.07) is 9.87. The Morgan fingerprint density at radius 2 is 1.94 bits per heavy atom. The molecule has 0 bridgehead atoms. The van der Waals surface area contributed by atoms with Crippen LogP contribution in [0.25, 0.3) is 12.2 Å². The largest absolute Gasteiger partial charge is 0.496 e. The highest BCUT2D eigenvalue weighted by Crippen LogP contribution is 2.20. The van der Waals surface area contributed by atoms with Crippen molar-refractivity contribution in [3.63, 3.8) is 0 Å². The molecule has 0 aliphatic rings. The van der Waals surface area contributed by atoms with E-state index in [1.807, 2.05) is 36.4 Å². The van der Waals surface area contributed by atoms with Gasteiger partial charge in [0, 0.05) is 23.5 Å². The predicted octanol–water partition coefficient (Wildman–Crippen LogP) is 3.07. The molecule has 0 saturated heterocycles. The summed E-state index contributed by atoms with van der Waals surface area (Å²) in [6.07, 6.45) is 7.31. The second-order valence-corrected chi connectivity index (χ2v) is 3.51. The maximum Gasteiger partial charge on any atom is 0.126 e. The highest BCUT2D eigenvalue weighted by Gasteiger charge is 2.00. The molecule has 0 fully saturated rings. The van der Waals surface area contributed by atoms with Crippen LogP contribution in [0.3, 0.4) is 0 Å². The van der Waals surface area contributed by atoms with Gasteiger partial charge in [-0.3, -0.25) is 0 Å². The highest BCUT2D eigenvalue weighted by molar-refractivity contribution is 5.74. The third kappa shape index (κ3) is 2.37. The van der Waals surface area contributed by atoms with Crippen molar-refractivity contribution in [3.8, 4) is 11.8 Å². The first-order valence-electron chi connectivity index (χ1n) is 5.23. The lowest BCUT2D eigenvalue weighted by Gasteiger charge is -2.02. The van der Waals surface area contributed by atoms with Crippen LogP contribution in [-0.4, -0.2) is 12.1 Å². The summed E-state index contributed by atoms with van der Waals surface area (Å²) >= 11 is 0. The van der Waals surface area contributed by atoms with Crippen molar-refractivity contribution >= 4 is 12.2 Å². The number of nitrogens with one attached hydrogen (secondary N) is 1. The lowest BCUT2D eigenvalue weighted by molar-refractivity contribution is 0.414. The molecule has 0 aliphatic heterocycles. The molecule has 0 atom stereocenters. The Kier molecular flexibility index (Phi) is 3.27. The van der Waals surface area contributed by atoms with Crippen LogP contribution < -0.4 is 4.74 Å². The first kappa shape index (κ1) is 11.0. The second kappa shape index (κ2) is 5.04. The molecule has 1 aromatic carbocycles. The van der Waals surface area contributed by atoms with Gasteiger partial charge in [-0.1, -0.05) is 30.4 Å². The van der Waals surface area contributed by atoms with E-state index < -0.39 is 0 Å². The van der Waals surface area contributed by atoms with Gasteiger partial charge in [-0.15, -0.1) is 0 Å². The SMILES string of the molecule is COc1ccccc1C=Cc1c[nH]cc1C#N. The van der Waals surface area contributed by atoms with Gasteiger partial charge < -0.3 is 9.72 Å². The fourth-order valence-corrected chi connectivity index (χ4v) is 1.59. The van der Waals surface area contributed by atoms with Gasteiger partial charge in [0.15, 0.2) is 0 Å². The molecule has 1 heterocycles. The zero-order valence-electron chi connectivity index (χ0n) is 9.47. The highest BCUT2D eigenvalue weighted by atomic mass is 16.5. The molecule has 2 rings (SSSR count). The number of benzene rings is 1. The lowest BCUT2D eigenvalue weighted by Crippen LogP contribution is -1.85. The molecule has 2 aromatic rings. The van der Waals surface area contributed by atoms with Gasteiger partial charge in [-0.2, -0.15) is 5.26 Å². The zero-order chi connectivity index (χ0) is 12.1. The fourth-order valence-electron chi connectivity index (χ4n) is 1.59. The molecule has 0 unspecified atom stereocenters. The number of hydrogen-bond donors (Lipinski definition) is 1. The summed E-state index contributed by atoms with van der Waals surface area (Å²) < 4.78 is 5.25. The molecule has 3 heteroatoms. The van der Waals surface area contributed by atoms with Crippen LogP contribution in [0.4, 0.5) is 0 Å². The van der Waals surface area contributed by atoms with Crippen molar-refractivity contribution in [2.75, 3.05) is 7.11 Å². The van der Waals surface area contributed by atoms with E-state index in [1.54, 1.807) is 19.5 Å². The Hall–Kier alpha value is -2.47. The number of aromatic nitrogens is 1. The number of para-hydroxylation sites is 1. The number of methoxy groups -OCH3 is 1. The van der Waals surface area contributed by atoms with Gasteiger partial charge in [-0.25, -0.2) is 0 Å². The predicted molar refractivity (Wildman–Crippen MR) is 67.4 cm³/mol. The number of nitriles is 1. The van der Waals surface area contributed by atoms with Crippen molar-refractivity contribution in [1.29, 1.82) is 5.26 Å². The second-order valence-electron chi connectivity index (χ2n) is 3.51. The van der Waals surface area contributed by atoms with E-state index in [0.717, 1.165) is 16.9 Å². The third-order valence-electron chi connectivity index (χ3n) is 2.48. The van der Waals surface area contributed by atoms with E-state index >= 15 is 0 Å². The molecule has 1 aromatic heterocycles. The summed E-state index contributed by atoms with van der Waals surface area (Å²) in [7, 11) is 1.64. The van der Waals surface area contributed by atoms with E-state index in [0.29, 0.717) is 5.56 Å².